The lowest BCUT2D eigenvalue weighted by Gasteiger charge is -2.26. The average Bonchev–Trinajstić information content (AvgIpc) is 1.66. The SMILES string of the molecule is CCP(C)(C)=O.COc1c(C)c2c(c(O)c1C/C=C(\C)CCC(=O)O)C(=O)OC2.COc1c(C)c2c(c(O)c1C/C=C(\C)CCC(=O)OCCN1CCOCC1)C(=O)OC2.COc1c(C)c2c(c(OCP(C)(C)=O)c1C/C=C(\C)CCC(=O)OCCN1CCOCC1)C(=O)OC2.COc1c(C)c2c(c(OCP(C)(C)=O)c1C/C=C(\C)CCC(=O)OCC[NH+]1CCOCC1)C(=O)OC2.OCCN1CCOCC1. The lowest BCUT2D eigenvalue weighted by Crippen LogP contribution is -3.14. The van der Waals surface area contributed by atoms with E-state index in [9.17, 15) is 62.3 Å². The van der Waals surface area contributed by atoms with Crippen molar-refractivity contribution in [3.05, 3.63) is 136 Å². The van der Waals surface area contributed by atoms with Crippen molar-refractivity contribution < 1.29 is 158 Å². The quantitative estimate of drug-likeness (QED) is 0.0119. The maximum absolute atomic E-state index is 12.5. The molecule has 8 heterocycles. The molecule has 0 spiro atoms. The minimum Gasteiger partial charge on any atom is -0.507 e. The number of carbonyl (C=O) groups excluding carboxylic acids is 7. The third-order valence-corrected chi connectivity index (χ3v) is 27.9. The van der Waals surface area contributed by atoms with Crippen molar-refractivity contribution in [3.63, 3.8) is 0 Å². The van der Waals surface area contributed by atoms with Crippen molar-refractivity contribution in [1.29, 1.82) is 0 Å². The van der Waals surface area contributed by atoms with Gasteiger partial charge in [-0.3, -0.25) is 33.9 Å². The topological polar surface area (TPSA) is 440 Å². The Morgan fingerprint density at radius 2 is 0.667 bits per heavy atom. The van der Waals surface area contributed by atoms with E-state index in [2.05, 4.69) is 14.7 Å². The van der Waals surface area contributed by atoms with Crippen LogP contribution in [-0.4, -0.2) is 328 Å². The second-order valence-corrected chi connectivity index (χ2v) is 47.6. The summed E-state index contributed by atoms with van der Waals surface area (Å²) in [6.45, 7) is 45.7. The van der Waals surface area contributed by atoms with Crippen molar-refractivity contribution >= 4 is 69.2 Å². The summed E-state index contributed by atoms with van der Waals surface area (Å²) in [4.78, 5) is 104. The fraction of sp³-hybridized carbons (Fsp3) is 0.608. The number of phenols is 2. The van der Waals surface area contributed by atoms with Crippen molar-refractivity contribution in [1.82, 2.24) is 14.7 Å². The molecule has 4 aromatic rings. The number of fused-ring (bicyclic) bond motifs is 4. The van der Waals surface area contributed by atoms with Crippen molar-refractivity contribution in [3.8, 4) is 46.0 Å². The van der Waals surface area contributed by atoms with E-state index in [1.807, 2.05) is 86.6 Å². The van der Waals surface area contributed by atoms with Gasteiger partial charge >= 0.3 is 47.8 Å². The maximum atomic E-state index is 12.5. The highest BCUT2D eigenvalue weighted by atomic mass is 31.2. The monoisotopic (exact) mass is 2040 g/mol. The Morgan fingerprint density at radius 3 is 0.965 bits per heavy atom. The standard InChI is InChI=1S/2C26H38NO8P.C23H31NO7.C17H20O6.C6H13NO2.C4H11OP/c2*1-18(7-9-22(28)33-15-12-27-10-13-32-14-11-27)6-8-20-24(31-3)19(2)21-16-34-26(29)23(21)25(20)35-17-36(4,5)30;1-15(5-7-19(25)30-13-10-24-8-11-29-12-9-24)4-6-17-21(26)20-18(14-31-23(20)27)16(2)22(17)28-3;1-9(5-7-13(18)19)4-6-11-15(20)14-12(8-23-17(14)21)10(2)16(11)22-3;8-4-1-7-2-5-9-6-3-7;1-4-6(2,3)5/h2*6H,7-17H2,1-5H3;4,26H,5-14H2,1-3H3;4,20H,5-8H2,1-3H3,(H,18,19);8H,1-6H2;4H2,1-3H3/p+1/b2*18-6+;15-4+;9-4+;;. The fourth-order valence-corrected chi connectivity index (χ4v) is 17.1. The Labute approximate surface area is 830 Å². The number of aromatic hydroxyl groups is 2. The molecule has 5 N–H and O–H groups in total. The minimum absolute atomic E-state index is 0.00489. The minimum atomic E-state index is -2.50. The summed E-state index contributed by atoms with van der Waals surface area (Å²) in [5, 5.41) is 38.3. The number of carboxylic acids is 1. The number of nitrogens with one attached hydrogen (secondary N) is 1. The number of nitrogens with zero attached hydrogens (tertiary/aromatic N) is 3. The van der Waals surface area contributed by atoms with Crippen molar-refractivity contribution in [2.75, 3.05) is 245 Å². The van der Waals surface area contributed by atoms with Crippen LogP contribution in [0.15, 0.2) is 46.6 Å². The highest BCUT2D eigenvalue weighted by molar-refractivity contribution is 7.62. The number of cyclic esters (lactones) is 4. The van der Waals surface area contributed by atoms with Gasteiger partial charge in [0.15, 0.2) is 0 Å². The first-order chi connectivity index (χ1) is 67.0. The molecule has 786 valence electrons. The molecule has 4 fully saturated rings. The number of hydrogen-bond acceptors (Lipinski definition) is 34. The Kier molecular flexibility index (Phi) is 49.4. The molecule has 8 aliphatic heterocycles. The first kappa shape index (κ1) is 118. The molecule has 12 rings (SSSR count). The number of aliphatic hydroxyl groups is 1. The summed E-state index contributed by atoms with van der Waals surface area (Å²) >= 11 is 0. The summed E-state index contributed by atoms with van der Waals surface area (Å²) in [5.74, 6) is -0.604. The van der Waals surface area contributed by atoms with Crippen LogP contribution in [0.2, 0.25) is 0 Å². The Morgan fingerprint density at radius 1 is 0.390 bits per heavy atom. The molecule has 4 aromatic carbocycles. The molecular formula is C102H152N4O32P3+. The number of aliphatic hydroxyl groups excluding tert-OH is 1. The Hall–Kier alpha value is -9.67. The predicted molar refractivity (Wildman–Crippen MR) is 533 cm³/mol. The normalized spacial score (nSPS) is 16.3. The van der Waals surface area contributed by atoms with Crippen LogP contribution in [0.25, 0.3) is 0 Å². The van der Waals surface area contributed by atoms with Crippen LogP contribution in [-0.2, 0) is 137 Å². The average molecular weight is 2040 g/mol. The van der Waals surface area contributed by atoms with E-state index in [-0.39, 0.29) is 99.1 Å². The van der Waals surface area contributed by atoms with Gasteiger partial charge in [0.25, 0.3) is 0 Å². The summed E-state index contributed by atoms with van der Waals surface area (Å²) < 4.78 is 127. The Bertz CT molecular complexity index is 5040. The van der Waals surface area contributed by atoms with Gasteiger partial charge in [-0.1, -0.05) is 53.5 Å². The second-order valence-electron chi connectivity index (χ2n) is 37.0. The molecule has 0 aromatic heterocycles. The predicted octanol–water partition coefficient (Wildman–Crippen LogP) is 12.3. The van der Waals surface area contributed by atoms with Gasteiger partial charge in [-0.15, -0.1) is 0 Å². The molecule has 36 nitrogen and oxygen atoms in total. The van der Waals surface area contributed by atoms with Crippen LogP contribution >= 0.6 is 21.4 Å². The summed E-state index contributed by atoms with van der Waals surface area (Å²) in [7, 11) is -0.441. The number of esters is 7. The molecule has 0 aliphatic carbocycles. The molecule has 0 atom stereocenters. The number of morpholine rings is 4. The van der Waals surface area contributed by atoms with Gasteiger partial charge < -0.3 is 120 Å². The third kappa shape index (κ3) is 37.8. The van der Waals surface area contributed by atoms with Gasteiger partial charge in [0.05, 0.1) is 95.0 Å². The molecular weight excluding hydrogens is 1890 g/mol. The van der Waals surface area contributed by atoms with E-state index in [4.69, 9.17) is 90.7 Å². The first-order valence-electron chi connectivity index (χ1n) is 48.1. The highest BCUT2D eigenvalue weighted by Crippen LogP contribution is 2.49. The molecule has 141 heavy (non-hydrogen) atoms. The van der Waals surface area contributed by atoms with Crippen LogP contribution in [0.3, 0.4) is 0 Å². The highest BCUT2D eigenvalue weighted by Gasteiger charge is 2.38. The third-order valence-electron chi connectivity index (χ3n) is 24.9. The zero-order chi connectivity index (χ0) is 104. The zero-order valence-electron chi connectivity index (χ0n) is 86.1. The van der Waals surface area contributed by atoms with E-state index >= 15 is 0 Å². The van der Waals surface area contributed by atoms with Crippen LogP contribution in [0.1, 0.15) is 194 Å². The van der Waals surface area contributed by atoms with Gasteiger partial charge in [0, 0.05) is 129 Å². The molecule has 0 unspecified atom stereocenters. The lowest BCUT2D eigenvalue weighted by molar-refractivity contribution is -0.908. The van der Waals surface area contributed by atoms with E-state index in [1.54, 1.807) is 61.3 Å². The summed E-state index contributed by atoms with van der Waals surface area (Å²) in [6, 6.07) is 0. The molecule has 0 radical (unpaired) electrons. The van der Waals surface area contributed by atoms with Crippen LogP contribution in [0, 0.1) is 27.7 Å². The smallest absolute Gasteiger partial charge is 0.342 e. The number of carboxylic acid groups (broad SMARTS) is 1. The number of carbonyl (C=O) groups is 8. The number of benzene rings is 4. The van der Waals surface area contributed by atoms with Gasteiger partial charge in [0.2, 0.25) is 0 Å². The summed E-state index contributed by atoms with van der Waals surface area (Å²) in [6.07, 6.45) is 13.2. The van der Waals surface area contributed by atoms with Crippen molar-refractivity contribution in [2.45, 2.75) is 166 Å². The van der Waals surface area contributed by atoms with Crippen molar-refractivity contribution in [2.24, 2.45) is 0 Å². The van der Waals surface area contributed by atoms with E-state index < -0.39 is 51.3 Å². The van der Waals surface area contributed by atoms with Gasteiger partial charge in [0.1, 0.15) is 161 Å². The van der Waals surface area contributed by atoms with Gasteiger partial charge in [-0.05, 0) is 175 Å². The van der Waals surface area contributed by atoms with Crippen LogP contribution < -0.4 is 33.3 Å². The maximum Gasteiger partial charge on any atom is 0.342 e. The number of ether oxygens (including phenoxy) is 17. The number of hydrogen-bond donors (Lipinski definition) is 5. The molecule has 0 amide bonds. The molecule has 0 bridgehead atoms. The number of quaternary nitrogens is 1. The summed E-state index contributed by atoms with van der Waals surface area (Å²) in [5.41, 5.74) is 13.6. The number of allylic oxidation sites excluding steroid dienone is 8. The second kappa shape index (κ2) is 58.9. The first-order valence-corrected chi connectivity index (χ1v) is 56.4. The fourth-order valence-electron chi connectivity index (χ4n) is 16.2. The number of phenolic OH excluding ortho intramolecular Hbond substituents is 2. The largest absolute Gasteiger partial charge is 0.507 e. The lowest BCUT2D eigenvalue weighted by atomic mass is 9.94. The van der Waals surface area contributed by atoms with Gasteiger partial charge in [-0.2, -0.15) is 0 Å². The molecule has 0 saturated carbocycles. The number of aliphatic carboxylic acids is 1. The van der Waals surface area contributed by atoms with Crippen LogP contribution in [0.4, 0.5) is 0 Å². The number of β-amino-alcohol motifs (C(OH)–C–C–N with tert-alkyl or cyclic N) is 1. The Balaban J connectivity index is 0.000000245. The molecule has 39 heteroatoms. The van der Waals surface area contributed by atoms with E-state index in [1.165, 1.54) is 12.0 Å². The van der Waals surface area contributed by atoms with E-state index in [0.717, 1.165) is 193 Å². The zero-order valence-corrected chi connectivity index (χ0v) is 88.8. The number of rotatable bonds is 42. The molecule has 8 aliphatic rings. The van der Waals surface area contributed by atoms with E-state index in [0.29, 0.717) is 163 Å². The van der Waals surface area contributed by atoms with Crippen LogP contribution in [0.5, 0.6) is 46.0 Å². The molecule has 4 saturated heterocycles. The van der Waals surface area contributed by atoms with Gasteiger partial charge in [-0.25, -0.2) is 19.2 Å². The number of methoxy groups -OCH3 is 4.